The second kappa shape index (κ2) is 8.13. The number of anilines is 1. The molecular formula is C21H39N5O2. The van der Waals surface area contributed by atoms with Crippen molar-refractivity contribution in [3.05, 3.63) is 11.8 Å². The Labute approximate surface area is 170 Å². The van der Waals surface area contributed by atoms with E-state index in [0.717, 1.165) is 5.69 Å². The average molecular weight is 394 g/mol. The lowest BCUT2D eigenvalue weighted by Crippen LogP contribution is -2.52. The van der Waals surface area contributed by atoms with Crippen LogP contribution in [0, 0.1) is 0 Å². The van der Waals surface area contributed by atoms with E-state index in [2.05, 4.69) is 31.4 Å². The molecule has 28 heavy (non-hydrogen) atoms. The minimum Gasteiger partial charge on any atom is -0.333 e. The summed E-state index contributed by atoms with van der Waals surface area (Å²) in [6.07, 6.45) is 0. The minimum absolute atomic E-state index is 0.0280. The Bertz CT molecular complexity index is 700. The second-order valence-corrected chi connectivity index (χ2v) is 10.7. The van der Waals surface area contributed by atoms with Crippen LogP contribution in [0.15, 0.2) is 6.07 Å². The smallest absolute Gasteiger partial charge is 0.318 e. The molecule has 7 nitrogen and oxygen atoms in total. The van der Waals surface area contributed by atoms with Gasteiger partial charge in [-0.15, -0.1) is 0 Å². The number of nitrogens with zero attached hydrogens (tertiary/aromatic N) is 3. The molecule has 1 rings (SSSR count). The molecule has 0 saturated carbocycles. The third-order valence-corrected chi connectivity index (χ3v) is 4.06. The fourth-order valence-corrected chi connectivity index (χ4v) is 2.57. The van der Waals surface area contributed by atoms with Crippen LogP contribution in [0.5, 0.6) is 0 Å². The Morgan fingerprint density at radius 1 is 1.07 bits per heavy atom. The molecule has 0 aliphatic heterocycles. The molecular weight excluding hydrogens is 354 g/mol. The zero-order valence-corrected chi connectivity index (χ0v) is 19.5. The van der Waals surface area contributed by atoms with Crippen LogP contribution in [-0.4, -0.2) is 44.7 Å². The maximum Gasteiger partial charge on any atom is 0.318 e. The van der Waals surface area contributed by atoms with E-state index >= 15 is 0 Å². The summed E-state index contributed by atoms with van der Waals surface area (Å²) in [6.45, 7) is 21.9. The number of carbonyl (C=O) groups excluding carboxylic acids is 2. The standard InChI is InChI=1S/C21H39N5O2/c1-14(2)25(18(28)23-20(6,7)8)13-17(27)22-16-12-15(19(3,4)5)24-26(16)21(9,10)11/h12,14H,13H2,1-11H3,(H,22,27)(H,23,28). The van der Waals surface area contributed by atoms with Crippen molar-refractivity contribution in [2.75, 3.05) is 11.9 Å². The van der Waals surface area contributed by atoms with E-state index in [1.165, 1.54) is 4.90 Å². The fraction of sp³-hybridized carbons (Fsp3) is 0.762. The molecule has 0 saturated heterocycles. The maximum atomic E-state index is 12.8. The topological polar surface area (TPSA) is 79.3 Å². The Morgan fingerprint density at radius 3 is 2.00 bits per heavy atom. The van der Waals surface area contributed by atoms with E-state index in [1.807, 2.05) is 66.1 Å². The van der Waals surface area contributed by atoms with Gasteiger partial charge in [-0.05, 0) is 55.4 Å². The zero-order valence-electron chi connectivity index (χ0n) is 19.5. The van der Waals surface area contributed by atoms with Crippen molar-refractivity contribution in [2.45, 2.75) is 98.7 Å². The van der Waals surface area contributed by atoms with Gasteiger partial charge in [0.15, 0.2) is 0 Å². The van der Waals surface area contributed by atoms with E-state index in [4.69, 9.17) is 5.10 Å². The first-order valence-electron chi connectivity index (χ1n) is 9.91. The summed E-state index contributed by atoms with van der Waals surface area (Å²) in [5.74, 6) is 0.394. The van der Waals surface area contributed by atoms with Gasteiger partial charge in [0.1, 0.15) is 12.4 Å². The fourth-order valence-electron chi connectivity index (χ4n) is 2.57. The summed E-state index contributed by atoms with van der Waals surface area (Å²) in [5.41, 5.74) is 0.122. The van der Waals surface area contributed by atoms with Crippen molar-refractivity contribution in [1.29, 1.82) is 0 Å². The van der Waals surface area contributed by atoms with Crippen LogP contribution in [-0.2, 0) is 15.7 Å². The van der Waals surface area contributed by atoms with Crippen molar-refractivity contribution < 1.29 is 9.59 Å². The molecule has 160 valence electrons. The Hall–Kier alpha value is -2.05. The lowest BCUT2D eigenvalue weighted by Gasteiger charge is -2.31. The summed E-state index contributed by atoms with van der Waals surface area (Å²) in [4.78, 5) is 26.9. The summed E-state index contributed by atoms with van der Waals surface area (Å²) in [7, 11) is 0. The van der Waals surface area contributed by atoms with E-state index in [-0.39, 0.29) is 41.0 Å². The number of urea groups is 1. The number of nitrogens with one attached hydrogen (secondary N) is 2. The summed E-state index contributed by atoms with van der Waals surface area (Å²) in [5, 5.41) is 10.6. The number of carbonyl (C=O) groups is 2. The Morgan fingerprint density at radius 2 is 1.61 bits per heavy atom. The first-order chi connectivity index (χ1) is 12.4. The van der Waals surface area contributed by atoms with Crippen LogP contribution in [0.2, 0.25) is 0 Å². The molecule has 2 N–H and O–H groups in total. The van der Waals surface area contributed by atoms with Crippen molar-refractivity contribution in [3.8, 4) is 0 Å². The van der Waals surface area contributed by atoms with Gasteiger partial charge in [0.25, 0.3) is 0 Å². The minimum atomic E-state index is -0.368. The van der Waals surface area contributed by atoms with Gasteiger partial charge in [-0.1, -0.05) is 20.8 Å². The molecule has 1 aromatic rings. The first-order valence-corrected chi connectivity index (χ1v) is 9.91. The van der Waals surface area contributed by atoms with Gasteiger partial charge in [-0.2, -0.15) is 5.10 Å². The quantitative estimate of drug-likeness (QED) is 0.808. The van der Waals surface area contributed by atoms with Crippen LogP contribution in [0.25, 0.3) is 0 Å². The number of aromatic nitrogens is 2. The highest BCUT2D eigenvalue weighted by Crippen LogP contribution is 2.28. The first kappa shape index (κ1) is 24.0. The van der Waals surface area contributed by atoms with E-state index < -0.39 is 0 Å². The number of amides is 3. The van der Waals surface area contributed by atoms with Gasteiger partial charge >= 0.3 is 6.03 Å². The highest BCUT2D eigenvalue weighted by Gasteiger charge is 2.28. The predicted octanol–water partition coefficient (Wildman–Crippen LogP) is 4.09. The van der Waals surface area contributed by atoms with Gasteiger partial charge in [0.2, 0.25) is 5.91 Å². The van der Waals surface area contributed by atoms with Crippen LogP contribution in [0.1, 0.15) is 81.9 Å². The van der Waals surface area contributed by atoms with Crippen molar-refractivity contribution >= 4 is 17.8 Å². The molecule has 0 aromatic carbocycles. The highest BCUT2D eigenvalue weighted by atomic mass is 16.2. The molecule has 0 fully saturated rings. The maximum absolute atomic E-state index is 12.8. The largest absolute Gasteiger partial charge is 0.333 e. The summed E-state index contributed by atoms with van der Waals surface area (Å²) >= 11 is 0. The lowest BCUT2D eigenvalue weighted by molar-refractivity contribution is -0.117. The molecule has 1 aromatic heterocycles. The van der Waals surface area contributed by atoms with Crippen molar-refractivity contribution in [1.82, 2.24) is 20.0 Å². The molecule has 0 aliphatic rings. The van der Waals surface area contributed by atoms with Gasteiger partial charge in [0.05, 0.1) is 11.2 Å². The third-order valence-electron chi connectivity index (χ3n) is 4.06. The molecule has 7 heteroatoms. The predicted molar refractivity (Wildman–Crippen MR) is 115 cm³/mol. The SMILES string of the molecule is CC(C)N(CC(=O)Nc1cc(C(C)(C)C)nn1C(C)(C)C)C(=O)NC(C)(C)C. The molecule has 1 heterocycles. The molecule has 0 atom stereocenters. The van der Waals surface area contributed by atoms with Gasteiger partial charge < -0.3 is 15.5 Å². The van der Waals surface area contributed by atoms with Crippen molar-refractivity contribution in [2.24, 2.45) is 0 Å². The number of hydrogen-bond donors (Lipinski definition) is 2. The van der Waals surface area contributed by atoms with E-state index in [9.17, 15) is 9.59 Å². The monoisotopic (exact) mass is 393 g/mol. The molecule has 0 aliphatic carbocycles. The van der Waals surface area contributed by atoms with Gasteiger partial charge in [0, 0.05) is 23.1 Å². The molecule has 3 amide bonds. The zero-order chi connectivity index (χ0) is 22.1. The molecule has 0 radical (unpaired) electrons. The average Bonchev–Trinajstić information content (AvgIpc) is 2.86. The normalized spacial score (nSPS) is 12.9. The van der Waals surface area contributed by atoms with Crippen LogP contribution in [0.4, 0.5) is 10.6 Å². The van der Waals surface area contributed by atoms with E-state index in [1.54, 1.807) is 0 Å². The molecule has 0 spiro atoms. The Kier molecular flexibility index (Phi) is 6.97. The van der Waals surface area contributed by atoms with Crippen LogP contribution < -0.4 is 10.6 Å². The number of hydrogen-bond acceptors (Lipinski definition) is 3. The highest BCUT2D eigenvalue weighted by molar-refractivity contribution is 5.94. The van der Waals surface area contributed by atoms with Gasteiger partial charge in [-0.3, -0.25) is 4.79 Å². The summed E-state index contributed by atoms with van der Waals surface area (Å²) in [6, 6.07) is 1.56. The van der Waals surface area contributed by atoms with Crippen molar-refractivity contribution in [3.63, 3.8) is 0 Å². The van der Waals surface area contributed by atoms with Crippen LogP contribution >= 0.6 is 0 Å². The third kappa shape index (κ3) is 6.84. The second-order valence-electron chi connectivity index (χ2n) is 10.7. The van der Waals surface area contributed by atoms with Crippen LogP contribution in [0.3, 0.4) is 0 Å². The molecule has 0 bridgehead atoms. The summed E-state index contributed by atoms with van der Waals surface area (Å²) < 4.78 is 1.83. The number of rotatable bonds is 4. The Balaban J connectivity index is 3.05. The lowest BCUT2D eigenvalue weighted by atomic mass is 9.92. The molecule has 0 unspecified atom stereocenters. The van der Waals surface area contributed by atoms with E-state index in [0.29, 0.717) is 5.82 Å². The van der Waals surface area contributed by atoms with Gasteiger partial charge in [-0.25, -0.2) is 9.48 Å².